The van der Waals surface area contributed by atoms with Gasteiger partial charge in [-0.3, -0.25) is 14.4 Å². The molecule has 0 spiro atoms. The highest BCUT2D eigenvalue weighted by Crippen LogP contribution is 2.41. The Balaban J connectivity index is 1.65. The summed E-state index contributed by atoms with van der Waals surface area (Å²) in [6.07, 6.45) is 1.40. The van der Waals surface area contributed by atoms with Crippen molar-refractivity contribution in [2.75, 3.05) is 7.11 Å². The number of aliphatic hydroxyl groups is 1. The number of methoxy groups -OCH3 is 1. The third-order valence-electron chi connectivity index (χ3n) is 7.12. The van der Waals surface area contributed by atoms with Gasteiger partial charge in [-0.1, -0.05) is 6.92 Å². The van der Waals surface area contributed by atoms with E-state index in [4.69, 9.17) is 18.9 Å². The van der Waals surface area contributed by atoms with Gasteiger partial charge in [0.05, 0.1) is 48.8 Å². The number of carbonyl (C=O) groups is 2. The molecule has 3 aromatic heterocycles. The largest absolute Gasteiger partial charge is 0.497 e. The Morgan fingerprint density at radius 3 is 2.78 bits per heavy atom. The molecule has 1 atom stereocenters. The van der Waals surface area contributed by atoms with Crippen molar-refractivity contribution in [1.82, 2.24) is 9.55 Å². The molecule has 6 rings (SSSR count). The highest BCUT2D eigenvalue weighted by atomic mass is 16.5. The summed E-state index contributed by atoms with van der Waals surface area (Å²) in [5, 5.41) is 11.9. The molecular formula is C27H22N2O7. The fraction of sp³-hybridized carbons (Fsp3) is 0.259. The highest BCUT2D eigenvalue weighted by molar-refractivity contribution is 6.17. The van der Waals surface area contributed by atoms with Gasteiger partial charge in [0.25, 0.3) is 5.56 Å². The van der Waals surface area contributed by atoms with Gasteiger partial charge in [0, 0.05) is 16.5 Å². The Bertz CT molecular complexity index is 1630. The van der Waals surface area contributed by atoms with Crippen LogP contribution in [-0.2, 0) is 28.3 Å². The van der Waals surface area contributed by atoms with Gasteiger partial charge >= 0.3 is 5.97 Å². The number of hydrogen-bond acceptors (Lipinski definition) is 8. The fourth-order valence-electron chi connectivity index (χ4n) is 5.17. The maximum atomic E-state index is 13.7. The average Bonchev–Trinajstić information content (AvgIpc) is 3.51. The van der Waals surface area contributed by atoms with Crippen molar-refractivity contribution in [2.45, 2.75) is 38.5 Å². The van der Waals surface area contributed by atoms with E-state index in [2.05, 4.69) is 0 Å². The van der Waals surface area contributed by atoms with Crippen LogP contribution in [0.4, 0.5) is 0 Å². The van der Waals surface area contributed by atoms with Crippen LogP contribution in [0, 0.1) is 0 Å². The van der Waals surface area contributed by atoms with Crippen LogP contribution >= 0.6 is 0 Å². The van der Waals surface area contributed by atoms with Crippen LogP contribution in [-0.4, -0.2) is 33.5 Å². The number of furan rings is 1. The summed E-state index contributed by atoms with van der Waals surface area (Å²) >= 11 is 0. The van der Waals surface area contributed by atoms with Crippen molar-refractivity contribution >= 4 is 22.7 Å². The zero-order valence-corrected chi connectivity index (χ0v) is 19.7. The molecule has 4 aromatic rings. The van der Waals surface area contributed by atoms with Crippen molar-refractivity contribution in [3.8, 4) is 17.1 Å². The Labute approximate surface area is 204 Å². The molecule has 2 aliphatic heterocycles. The number of hydrogen-bond donors (Lipinski definition) is 1. The molecule has 0 fully saturated rings. The Morgan fingerprint density at radius 2 is 2.06 bits per heavy atom. The van der Waals surface area contributed by atoms with Crippen LogP contribution in [0.5, 0.6) is 5.75 Å². The summed E-state index contributed by atoms with van der Waals surface area (Å²) in [6.45, 7) is 1.62. The minimum Gasteiger partial charge on any atom is -0.497 e. The monoisotopic (exact) mass is 486 g/mol. The second kappa shape index (κ2) is 7.89. The molecule has 182 valence electrons. The van der Waals surface area contributed by atoms with E-state index in [1.165, 1.54) is 10.8 Å². The van der Waals surface area contributed by atoms with Gasteiger partial charge in [0.2, 0.25) is 5.78 Å². The van der Waals surface area contributed by atoms with Gasteiger partial charge in [-0.2, -0.15) is 0 Å². The van der Waals surface area contributed by atoms with E-state index >= 15 is 0 Å². The number of ketones is 1. The third-order valence-corrected chi connectivity index (χ3v) is 7.12. The normalized spacial score (nSPS) is 18.2. The van der Waals surface area contributed by atoms with Gasteiger partial charge < -0.3 is 23.6 Å². The Kier molecular flexibility index (Phi) is 4.87. The molecule has 1 aromatic carbocycles. The molecule has 9 nitrogen and oxygen atoms in total. The molecular weight excluding hydrogens is 464 g/mol. The van der Waals surface area contributed by atoms with Gasteiger partial charge in [-0.15, -0.1) is 0 Å². The summed E-state index contributed by atoms with van der Waals surface area (Å²) in [6, 6.07) is 10.2. The molecule has 0 saturated heterocycles. The summed E-state index contributed by atoms with van der Waals surface area (Å²) in [7, 11) is 1.54. The number of esters is 1. The van der Waals surface area contributed by atoms with Crippen molar-refractivity contribution in [2.24, 2.45) is 0 Å². The third kappa shape index (κ3) is 3.12. The SMILES string of the molecule is CCC1(O)CC(=O)OCc2c1cc1n(c2=O)Cc2c-1nc1ccc(OC)cc1c2C(=O)c1ccco1. The number of cyclic esters (lactones) is 1. The first kappa shape index (κ1) is 22.2. The number of carbonyl (C=O) groups excluding carboxylic acids is 2. The minimum absolute atomic E-state index is 0.0945. The van der Waals surface area contributed by atoms with Gasteiger partial charge in [-0.25, -0.2) is 4.98 Å². The Morgan fingerprint density at radius 1 is 1.22 bits per heavy atom. The molecule has 0 saturated carbocycles. The second-order valence-electron chi connectivity index (χ2n) is 9.04. The standard InChI is InChI=1S/C27H22N2O7/c1-3-27(33)11-22(30)36-13-17-18(27)10-20-24-16(12-29(20)26(17)32)23(25(31)21-5-4-8-35-21)15-9-14(34-2)6-7-19(15)28-24/h4-10,33H,3,11-13H2,1-2H3. The summed E-state index contributed by atoms with van der Waals surface area (Å²) < 4.78 is 17.5. The molecule has 9 heteroatoms. The lowest BCUT2D eigenvalue weighted by Crippen LogP contribution is -2.32. The van der Waals surface area contributed by atoms with Gasteiger partial charge in [0.1, 0.15) is 18.0 Å². The number of aromatic nitrogens is 2. The first-order chi connectivity index (χ1) is 17.3. The lowest BCUT2D eigenvalue weighted by molar-refractivity contribution is -0.149. The zero-order chi connectivity index (χ0) is 25.2. The summed E-state index contributed by atoms with van der Waals surface area (Å²) in [5.74, 6) is -0.172. The number of rotatable bonds is 4. The van der Waals surface area contributed by atoms with Crippen molar-refractivity contribution in [1.29, 1.82) is 0 Å². The van der Waals surface area contributed by atoms with E-state index in [1.54, 1.807) is 50.4 Å². The number of benzene rings is 1. The van der Waals surface area contributed by atoms with Crippen LogP contribution in [0.1, 0.15) is 52.6 Å². The highest BCUT2D eigenvalue weighted by Gasteiger charge is 2.40. The quantitative estimate of drug-likeness (QED) is 0.303. The summed E-state index contributed by atoms with van der Waals surface area (Å²) in [4.78, 5) is 44.3. The molecule has 1 unspecified atom stereocenters. The lowest BCUT2D eigenvalue weighted by Gasteiger charge is -2.26. The van der Waals surface area contributed by atoms with Gasteiger partial charge in [0.15, 0.2) is 5.76 Å². The van der Waals surface area contributed by atoms with E-state index in [1.807, 2.05) is 0 Å². The average molecular weight is 486 g/mol. The molecule has 0 aliphatic carbocycles. The maximum absolute atomic E-state index is 13.7. The molecule has 1 N–H and O–H groups in total. The van der Waals surface area contributed by atoms with E-state index in [-0.39, 0.29) is 48.7 Å². The number of fused-ring (bicyclic) bond motifs is 5. The van der Waals surface area contributed by atoms with Crippen LogP contribution in [0.3, 0.4) is 0 Å². The van der Waals surface area contributed by atoms with Gasteiger partial charge in [-0.05, 0) is 48.4 Å². The van der Waals surface area contributed by atoms with Crippen LogP contribution in [0.2, 0.25) is 0 Å². The zero-order valence-electron chi connectivity index (χ0n) is 19.7. The van der Waals surface area contributed by atoms with Crippen molar-refractivity contribution < 1.29 is 28.6 Å². The predicted octanol–water partition coefficient (Wildman–Crippen LogP) is 3.30. The maximum Gasteiger partial charge on any atom is 0.309 e. The number of pyridine rings is 2. The molecule has 2 aliphatic rings. The van der Waals surface area contributed by atoms with E-state index in [9.17, 15) is 19.5 Å². The van der Waals surface area contributed by atoms with Crippen molar-refractivity contribution in [3.05, 3.63) is 81.0 Å². The topological polar surface area (TPSA) is 121 Å². The van der Waals surface area contributed by atoms with Crippen LogP contribution in [0.15, 0.2) is 51.9 Å². The lowest BCUT2D eigenvalue weighted by atomic mass is 9.85. The fourth-order valence-corrected chi connectivity index (χ4v) is 5.17. The number of ether oxygens (including phenoxy) is 2. The summed E-state index contributed by atoms with van der Waals surface area (Å²) in [5.41, 5.74) is 1.09. The predicted molar refractivity (Wildman–Crippen MR) is 128 cm³/mol. The molecule has 0 amide bonds. The molecule has 5 heterocycles. The van der Waals surface area contributed by atoms with E-state index in [0.29, 0.717) is 44.7 Å². The van der Waals surface area contributed by atoms with Crippen molar-refractivity contribution in [3.63, 3.8) is 0 Å². The first-order valence-electron chi connectivity index (χ1n) is 11.6. The van der Waals surface area contributed by atoms with E-state index < -0.39 is 11.6 Å². The van der Waals surface area contributed by atoms with E-state index in [0.717, 1.165) is 0 Å². The molecule has 0 bridgehead atoms. The Hall–Kier alpha value is -4.24. The van der Waals surface area contributed by atoms with Crippen LogP contribution in [0.25, 0.3) is 22.3 Å². The van der Waals surface area contributed by atoms with Crippen LogP contribution < -0.4 is 10.3 Å². The molecule has 36 heavy (non-hydrogen) atoms. The number of nitrogens with zero attached hydrogens (tertiary/aromatic N) is 2. The molecule has 0 radical (unpaired) electrons. The second-order valence-corrected chi connectivity index (χ2v) is 9.04. The first-order valence-corrected chi connectivity index (χ1v) is 11.6. The smallest absolute Gasteiger partial charge is 0.309 e. The minimum atomic E-state index is -1.54.